The summed E-state index contributed by atoms with van der Waals surface area (Å²) in [6, 6.07) is 3.64. The van der Waals surface area contributed by atoms with E-state index in [9.17, 15) is 0 Å². The lowest BCUT2D eigenvalue weighted by Crippen LogP contribution is -2.13. The Morgan fingerprint density at radius 3 is 2.42 bits per heavy atom. The van der Waals surface area contributed by atoms with Gasteiger partial charge in [0.25, 0.3) is 0 Å². The maximum Gasteiger partial charge on any atom is 0.141 e. The number of halogens is 1. The van der Waals surface area contributed by atoms with Gasteiger partial charge in [-0.05, 0) is 56.9 Å². The molecule has 19 heavy (non-hydrogen) atoms. The third kappa shape index (κ3) is 2.63. The highest BCUT2D eigenvalue weighted by atomic mass is 79.9. The lowest BCUT2D eigenvalue weighted by molar-refractivity contribution is 0.385. The first-order chi connectivity index (χ1) is 9.10. The smallest absolute Gasteiger partial charge is 0.141 e. The van der Waals surface area contributed by atoms with Crippen molar-refractivity contribution in [2.45, 2.75) is 13.0 Å². The van der Waals surface area contributed by atoms with Crippen molar-refractivity contribution in [1.29, 1.82) is 0 Å². The molecule has 5 heteroatoms. The van der Waals surface area contributed by atoms with E-state index < -0.39 is 0 Å². The van der Waals surface area contributed by atoms with Crippen LogP contribution in [-0.2, 0) is 0 Å². The van der Waals surface area contributed by atoms with Gasteiger partial charge in [-0.3, -0.25) is 0 Å². The molecule has 1 aromatic heterocycles. The summed E-state index contributed by atoms with van der Waals surface area (Å²) in [6.45, 7) is 2.07. The SMILES string of the molecule is COc1ccc(C(N)c2cscc2C)c(OC)c1Br. The van der Waals surface area contributed by atoms with Crippen LogP contribution in [0, 0.1) is 6.92 Å². The van der Waals surface area contributed by atoms with Crippen LogP contribution in [0.25, 0.3) is 0 Å². The van der Waals surface area contributed by atoms with E-state index in [0.717, 1.165) is 27.1 Å². The summed E-state index contributed by atoms with van der Waals surface area (Å²) in [5.74, 6) is 1.45. The molecule has 1 atom stereocenters. The van der Waals surface area contributed by atoms with Crippen molar-refractivity contribution >= 4 is 27.3 Å². The lowest BCUT2D eigenvalue weighted by Gasteiger charge is -2.18. The molecular weight excluding hydrogens is 326 g/mol. The zero-order valence-electron chi connectivity index (χ0n) is 11.1. The van der Waals surface area contributed by atoms with Crippen LogP contribution in [0.5, 0.6) is 11.5 Å². The number of ether oxygens (including phenoxy) is 2. The van der Waals surface area contributed by atoms with Gasteiger partial charge in [0.05, 0.1) is 20.3 Å². The minimum Gasteiger partial charge on any atom is -0.495 e. The molecule has 2 rings (SSSR count). The van der Waals surface area contributed by atoms with E-state index in [-0.39, 0.29) is 6.04 Å². The fourth-order valence-corrected chi connectivity index (χ4v) is 3.59. The van der Waals surface area contributed by atoms with Crippen LogP contribution in [-0.4, -0.2) is 14.2 Å². The second-order valence-corrected chi connectivity index (χ2v) is 5.73. The predicted molar refractivity (Wildman–Crippen MR) is 82.3 cm³/mol. The quantitative estimate of drug-likeness (QED) is 0.917. The van der Waals surface area contributed by atoms with E-state index >= 15 is 0 Å². The number of methoxy groups -OCH3 is 2. The number of rotatable bonds is 4. The predicted octanol–water partition coefficient (Wildman–Crippen LogP) is 3.88. The Labute approximate surface area is 125 Å². The standard InChI is InChI=1S/C14H16BrNO2S/c1-8-6-19-7-10(8)13(16)9-4-5-11(17-2)12(15)14(9)18-3/h4-7,13H,16H2,1-3H3. The first-order valence-electron chi connectivity index (χ1n) is 5.78. The van der Waals surface area contributed by atoms with E-state index in [1.54, 1.807) is 25.6 Å². The molecule has 0 aliphatic rings. The molecule has 1 heterocycles. The Kier molecular flexibility index (Phi) is 4.50. The first-order valence-corrected chi connectivity index (χ1v) is 7.52. The van der Waals surface area contributed by atoms with Gasteiger partial charge in [0.1, 0.15) is 16.0 Å². The highest BCUT2D eigenvalue weighted by Crippen LogP contribution is 2.41. The van der Waals surface area contributed by atoms with Crippen LogP contribution >= 0.6 is 27.3 Å². The summed E-state index contributed by atoms with van der Waals surface area (Å²) in [5, 5.41) is 4.18. The summed E-state index contributed by atoms with van der Waals surface area (Å²) in [7, 11) is 3.26. The van der Waals surface area contributed by atoms with Gasteiger partial charge in [-0.25, -0.2) is 0 Å². The highest BCUT2D eigenvalue weighted by molar-refractivity contribution is 9.10. The van der Waals surface area contributed by atoms with Crippen molar-refractivity contribution in [1.82, 2.24) is 0 Å². The molecule has 0 aliphatic heterocycles. The average molecular weight is 342 g/mol. The highest BCUT2D eigenvalue weighted by Gasteiger charge is 2.20. The molecule has 0 spiro atoms. The van der Waals surface area contributed by atoms with Gasteiger partial charge < -0.3 is 15.2 Å². The monoisotopic (exact) mass is 341 g/mol. The van der Waals surface area contributed by atoms with E-state index in [2.05, 4.69) is 33.6 Å². The van der Waals surface area contributed by atoms with Crippen LogP contribution in [0.15, 0.2) is 27.4 Å². The lowest BCUT2D eigenvalue weighted by atomic mass is 9.98. The van der Waals surface area contributed by atoms with Crippen molar-refractivity contribution in [3.8, 4) is 11.5 Å². The molecule has 0 fully saturated rings. The summed E-state index contributed by atoms with van der Waals surface area (Å²) in [5.41, 5.74) is 9.63. The Morgan fingerprint density at radius 2 is 1.89 bits per heavy atom. The van der Waals surface area contributed by atoms with Crippen molar-refractivity contribution in [2.24, 2.45) is 5.73 Å². The van der Waals surface area contributed by atoms with Crippen LogP contribution in [0.2, 0.25) is 0 Å². The fraction of sp³-hybridized carbons (Fsp3) is 0.286. The zero-order chi connectivity index (χ0) is 14.0. The summed E-state index contributed by atoms with van der Waals surface area (Å²) in [4.78, 5) is 0. The Hall–Kier alpha value is -1.04. The van der Waals surface area contributed by atoms with Crippen molar-refractivity contribution in [3.63, 3.8) is 0 Å². The second-order valence-electron chi connectivity index (χ2n) is 4.19. The van der Waals surface area contributed by atoms with Gasteiger partial charge in [0, 0.05) is 5.56 Å². The third-order valence-electron chi connectivity index (χ3n) is 3.08. The number of hydrogen-bond acceptors (Lipinski definition) is 4. The van der Waals surface area contributed by atoms with Crippen molar-refractivity contribution in [2.75, 3.05) is 14.2 Å². The molecule has 0 amide bonds. The molecule has 0 bridgehead atoms. The number of nitrogens with two attached hydrogens (primary N) is 1. The molecule has 1 unspecified atom stereocenters. The topological polar surface area (TPSA) is 44.5 Å². The van der Waals surface area contributed by atoms with Crippen LogP contribution < -0.4 is 15.2 Å². The van der Waals surface area contributed by atoms with Gasteiger partial charge >= 0.3 is 0 Å². The Morgan fingerprint density at radius 1 is 1.16 bits per heavy atom. The van der Waals surface area contributed by atoms with Gasteiger partial charge in [0.15, 0.2) is 0 Å². The molecular formula is C14H16BrNO2S. The van der Waals surface area contributed by atoms with Crippen molar-refractivity contribution < 1.29 is 9.47 Å². The summed E-state index contributed by atoms with van der Waals surface area (Å²) in [6.07, 6.45) is 0. The first kappa shape index (κ1) is 14.4. The van der Waals surface area contributed by atoms with Gasteiger partial charge in [-0.15, -0.1) is 0 Å². The van der Waals surface area contributed by atoms with Crippen LogP contribution in [0.1, 0.15) is 22.7 Å². The number of hydrogen-bond donors (Lipinski definition) is 1. The zero-order valence-corrected chi connectivity index (χ0v) is 13.5. The van der Waals surface area contributed by atoms with Crippen LogP contribution in [0.4, 0.5) is 0 Å². The summed E-state index contributed by atoms with van der Waals surface area (Å²) < 4.78 is 11.5. The molecule has 2 aromatic rings. The van der Waals surface area contributed by atoms with Gasteiger partial charge in [-0.1, -0.05) is 0 Å². The number of benzene rings is 1. The number of aryl methyl sites for hydroxylation is 1. The largest absolute Gasteiger partial charge is 0.495 e. The number of thiophene rings is 1. The molecule has 0 saturated carbocycles. The Balaban J connectivity index is 2.51. The van der Waals surface area contributed by atoms with Gasteiger partial charge in [0.2, 0.25) is 0 Å². The molecule has 3 nitrogen and oxygen atoms in total. The van der Waals surface area contributed by atoms with E-state index in [1.165, 1.54) is 5.56 Å². The van der Waals surface area contributed by atoms with E-state index in [0.29, 0.717) is 0 Å². The maximum atomic E-state index is 6.36. The third-order valence-corrected chi connectivity index (χ3v) is 4.71. The molecule has 1 aromatic carbocycles. The Bertz CT molecular complexity index is 583. The van der Waals surface area contributed by atoms with Crippen LogP contribution in [0.3, 0.4) is 0 Å². The maximum absolute atomic E-state index is 6.36. The fourth-order valence-electron chi connectivity index (χ4n) is 2.02. The molecule has 0 radical (unpaired) electrons. The minimum absolute atomic E-state index is 0.205. The summed E-state index contributed by atoms with van der Waals surface area (Å²) >= 11 is 5.16. The van der Waals surface area contributed by atoms with Gasteiger partial charge in [-0.2, -0.15) is 11.3 Å². The van der Waals surface area contributed by atoms with E-state index in [4.69, 9.17) is 15.2 Å². The minimum atomic E-state index is -0.205. The van der Waals surface area contributed by atoms with E-state index in [1.807, 2.05) is 12.1 Å². The normalized spacial score (nSPS) is 12.3. The second kappa shape index (κ2) is 5.94. The average Bonchev–Trinajstić information content (AvgIpc) is 2.83. The molecule has 0 saturated heterocycles. The molecule has 2 N–H and O–H groups in total. The molecule has 0 aliphatic carbocycles. The molecule has 102 valence electrons. The van der Waals surface area contributed by atoms with Crippen molar-refractivity contribution in [3.05, 3.63) is 44.1 Å².